The Balaban J connectivity index is 1.61. The number of benzene rings is 2. The first-order chi connectivity index (χ1) is 8.45. The van der Waals surface area contributed by atoms with Crippen molar-refractivity contribution in [1.29, 1.82) is 0 Å². The van der Waals surface area contributed by atoms with Gasteiger partial charge in [-0.05, 0) is 0 Å². The maximum atomic E-state index is 5.67. The van der Waals surface area contributed by atoms with Gasteiger partial charge in [0.05, 0.1) is 0 Å². The summed E-state index contributed by atoms with van der Waals surface area (Å²) in [4.78, 5) is 0. The minimum absolute atomic E-state index is 0.0136. The molecular formula is C15H17AsO. The van der Waals surface area contributed by atoms with E-state index >= 15 is 0 Å². The van der Waals surface area contributed by atoms with E-state index in [0.29, 0.717) is 0 Å². The molecule has 2 rings (SSSR count). The maximum absolute atomic E-state index is 5.67. The number of hydrogen-bond donors (Lipinski definition) is 0. The molecule has 0 aromatic heterocycles. The van der Waals surface area contributed by atoms with Crippen LogP contribution >= 0.6 is 0 Å². The first-order valence-electron chi connectivity index (χ1n) is 5.86. The van der Waals surface area contributed by atoms with Gasteiger partial charge < -0.3 is 0 Å². The summed E-state index contributed by atoms with van der Waals surface area (Å²) in [5.41, 5.74) is 1.26. The van der Waals surface area contributed by atoms with Crippen molar-refractivity contribution in [2.24, 2.45) is 0 Å². The molecule has 1 nitrogen and oxygen atoms in total. The third kappa shape index (κ3) is 4.77. The molecule has 0 N–H and O–H groups in total. The molecule has 2 heteroatoms. The fraction of sp³-hybridized carbons (Fsp3) is 0.200. The van der Waals surface area contributed by atoms with Crippen molar-refractivity contribution in [1.82, 2.24) is 0 Å². The Morgan fingerprint density at radius 3 is 2.18 bits per heavy atom. The summed E-state index contributed by atoms with van der Waals surface area (Å²) in [6, 6.07) is 21.1. The molecule has 0 saturated heterocycles. The molecule has 0 radical (unpaired) electrons. The SMILES string of the molecule is c1ccc(COCC[AsH]c2ccccc2)cc1. The fourth-order valence-corrected chi connectivity index (χ4v) is 3.61. The van der Waals surface area contributed by atoms with Gasteiger partial charge in [0.25, 0.3) is 0 Å². The van der Waals surface area contributed by atoms with Crippen molar-refractivity contribution in [2.75, 3.05) is 6.61 Å². The quantitative estimate of drug-likeness (QED) is 0.586. The summed E-state index contributed by atoms with van der Waals surface area (Å²) >= 11 is -0.0136. The van der Waals surface area contributed by atoms with Crippen LogP contribution in [0.4, 0.5) is 0 Å². The van der Waals surface area contributed by atoms with Gasteiger partial charge in [0.1, 0.15) is 0 Å². The van der Waals surface area contributed by atoms with Gasteiger partial charge in [0, 0.05) is 0 Å². The van der Waals surface area contributed by atoms with Crippen LogP contribution in [-0.2, 0) is 11.3 Å². The summed E-state index contributed by atoms with van der Waals surface area (Å²) in [6.07, 6.45) is 0. The van der Waals surface area contributed by atoms with Gasteiger partial charge in [-0.25, -0.2) is 0 Å². The minimum atomic E-state index is -0.0136. The third-order valence-electron chi connectivity index (χ3n) is 2.46. The average molecular weight is 288 g/mol. The molecule has 0 aliphatic carbocycles. The Kier molecular flexibility index (Phi) is 5.34. The summed E-state index contributed by atoms with van der Waals surface area (Å²) in [5.74, 6) is 0. The molecule has 0 saturated carbocycles. The van der Waals surface area contributed by atoms with Crippen LogP contribution in [0.2, 0.25) is 5.21 Å². The Hall–Kier alpha value is -1.04. The van der Waals surface area contributed by atoms with Gasteiger partial charge in [-0.3, -0.25) is 0 Å². The van der Waals surface area contributed by atoms with Crippen LogP contribution < -0.4 is 4.35 Å². The van der Waals surface area contributed by atoms with Gasteiger partial charge in [0.15, 0.2) is 0 Å². The number of rotatable bonds is 6. The van der Waals surface area contributed by atoms with Crippen LogP contribution in [0.25, 0.3) is 0 Å². The summed E-state index contributed by atoms with van der Waals surface area (Å²) < 4.78 is 7.18. The predicted molar refractivity (Wildman–Crippen MR) is 74.1 cm³/mol. The molecule has 17 heavy (non-hydrogen) atoms. The van der Waals surface area contributed by atoms with Gasteiger partial charge in [0.2, 0.25) is 0 Å². The first kappa shape index (κ1) is 12.4. The van der Waals surface area contributed by atoms with E-state index in [-0.39, 0.29) is 15.8 Å². The molecule has 0 spiro atoms. The van der Waals surface area contributed by atoms with E-state index in [4.69, 9.17) is 4.74 Å². The molecule has 0 amide bonds. The summed E-state index contributed by atoms with van der Waals surface area (Å²) in [5, 5.41) is 1.21. The molecule has 1 atom stereocenters. The molecule has 0 fully saturated rings. The topological polar surface area (TPSA) is 9.23 Å². The van der Waals surface area contributed by atoms with Crippen LogP contribution in [0.5, 0.6) is 0 Å². The van der Waals surface area contributed by atoms with Crippen molar-refractivity contribution in [3.8, 4) is 0 Å². The van der Waals surface area contributed by atoms with Crippen LogP contribution in [0.3, 0.4) is 0 Å². The zero-order valence-electron chi connectivity index (χ0n) is 9.80. The van der Waals surface area contributed by atoms with E-state index < -0.39 is 0 Å². The second kappa shape index (κ2) is 7.32. The molecular weight excluding hydrogens is 271 g/mol. The van der Waals surface area contributed by atoms with E-state index in [2.05, 4.69) is 54.6 Å². The summed E-state index contributed by atoms with van der Waals surface area (Å²) in [7, 11) is 0. The van der Waals surface area contributed by atoms with Gasteiger partial charge in [-0.15, -0.1) is 0 Å². The Morgan fingerprint density at radius 1 is 0.824 bits per heavy atom. The zero-order chi connectivity index (χ0) is 11.8. The summed E-state index contributed by atoms with van der Waals surface area (Å²) in [6.45, 7) is 1.62. The number of hydrogen-bond acceptors (Lipinski definition) is 1. The Labute approximate surface area is 110 Å². The monoisotopic (exact) mass is 288 g/mol. The molecule has 0 aliphatic rings. The van der Waals surface area contributed by atoms with Gasteiger partial charge in [-0.2, -0.15) is 0 Å². The van der Waals surface area contributed by atoms with Crippen molar-refractivity contribution in [2.45, 2.75) is 11.8 Å². The molecule has 2 aromatic carbocycles. The molecule has 1 unspecified atom stereocenters. The molecule has 2 aromatic rings. The van der Waals surface area contributed by atoms with Crippen molar-refractivity contribution in [3.05, 3.63) is 66.2 Å². The van der Waals surface area contributed by atoms with Gasteiger partial charge >= 0.3 is 109 Å². The second-order valence-electron chi connectivity index (χ2n) is 3.83. The standard InChI is InChI=1S/C15H17AsO/c1-3-7-14(8-4-1)13-17-12-11-16-15-9-5-2-6-10-15/h1-10,16H,11-13H2. The first-order valence-corrected chi connectivity index (χ1v) is 8.39. The van der Waals surface area contributed by atoms with E-state index in [1.165, 1.54) is 15.1 Å². The van der Waals surface area contributed by atoms with E-state index in [1.54, 1.807) is 0 Å². The molecule has 88 valence electrons. The van der Waals surface area contributed by atoms with Crippen molar-refractivity contribution < 1.29 is 4.74 Å². The van der Waals surface area contributed by atoms with E-state index in [9.17, 15) is 0 Å². The van der Waals surface area contributed by atoms with Crippen LogP contribution in [0, 0.1) is 0 Å². The zero-order valence-corrected chi connectivity index (χ0v) is 11.9. The molecule has 0 aliphatic heterocycles. The predicted octanol–water partition coefficient (Wildman–Crippen LogP) is 2.38. The van der Waals surface area contributed by atoms with Crippen molar-refractivity contribution >= 4 is 20.1 Å². The van der Waals surface area contributed by atoms with Crippen LogP contribution in [-0.4, -0.2) is 22.4 Å². The molecule has 0 bridgehead atoms. The Morgan fingerprint density at radius 2 is 1.47 bits per heavy atom. The third-order valence-corrected chi connectivity index (χ3v) is 4.97. The normalized spacial score (nSPS) is 11.1. The fourth-order valence-electron chi connectivity index (χ4n) is 1.59. The Bertz CT molecular complexity index is 372. The van der Waals surface area contributed by atoms with Crippen molar-refractivity contribution in [3.63, 3.8) is 0 Å². The second-order valence-corrected chi connectivity index (χ2v) is 6.83. The van der Waals surface area contributed by atoms with Gasteiger partial charge in [-0.1, -0.05) is 0 Å². The van der Waals surface area contributed by atoms with Crippen LogP contribution in [0.15, 0.2) is 60.7 Å². The average Bonchev–Trinajstić information content (AvgIpc) is 2.41. The van der Waals surface area contributed by atoms with E-state index in [1.807, 2.05) is 6.07 Å². The molecule has 0 heterocycles. The van der Waals surface area contributed by atoms with E-state index in [0.717, 1.165) is 13.2 Å². The number of ether oxygens (including phenoxy) is 1. The van der Waals surface area contributed by atoms with Crippen LogP contribution in [0.1, 0.15) is 5.56 Å².